The third kappa shape index (κ3) is 10.3. The normalized spacial score (nSPS) is 16.3. The molecule has 0 bridgehead atoms. The molecule has 2 heterocycles. The van der Waals surface area contributed by atoms with Crippen molar-refractivity contribution in [3.63, 3.8) is 0 Å². The van der Waals surface area contributed by atoms with Gasteiger partial charge in [0.2, 0.25) is 5.91 Å². The van der Waals surface area contributed by atoms with Crippen LogP contribution in [0, 0.1) is 0 Å². The lowest BCUT2D eigenvalue weighted by Gasteiger charge is -2.50. The number of carbonyl (C=O) groups excluding carboxylic acids is 4. The first-order chi connectivity index (χ1) is 30.9. The molecule has 0 unspecified atom stereocenters. The van der Waals surface area contributed by atoms with Crippen molar-refractivity contribution in [2.45, 2.75) is 49.9 Å². The molecule has 13 heteroatoms. The van der Waals surface area contributed by atoms with E-state index in [2.05, 4.69) is 47.0 Å². The van der Waals surface area contributed by atoms with E-state index in [0.29, 0.717) is 17.5 Å². The number of amides is 3. The van der Waals surface area contributed by atoms with Gasteiger partial charge in [0.05, 0.1) is 6.16 Å². The van der Waals surface area contributed by atoms with E-state index in [1.165, 1.54) is 40.9 Å². The summed E-state index contributed by atoms with van der Waals surface area (Å²) in [5.41, 5.74) is 1.96. The van der Waals surface area contributed by atoms with E-state index in [1.54, 1.807) is 20.8 Å². The molecule has 10 nitrogen and oxygen atoms in total. The first-order valence-electron chi connectivity index (χ1n) is 21.0. The van der Waals surface area contributed by atoms with Crippen molar-refractivity contribution < 1.29 is 57.7 Å². The van der Waals surface area contributed by atoms with Gasteiger partial charge in [-0.15, -0.1) is 11.8 Å². The van der Waals surface area contributed by atoms with Crippen LogP contribution in [0.2, 0.25) is 0 Å². The van der Waals surface area contributed by atoms with Gasteiger partial charge in [0, 0.05) is 11.3 Å². The number of esters is 1. The maximum atomic E-state index is 15.2. The third-order valence-electron chi connectivity index (χ3n) is 11.1. The van der Waals surface area contributed by atoms with Gasteiger partial charge < -0.3 is 49.2 Å². The fourth-order valence-corrected chi connectivity index (χ4v) is 14.0. The zero-order valence-electron chi connectivity index (χ0n) is 36.0. The van der Waals surface area contributed by atoms with Gasteiger partial charge >= 0.3 is 12.1 Å². The van der Waals surface area contributed by atoms with Gasteiger partial charge in [0.25, 0.3) is 5.91 Å². The van der Waals surface area contributed by atoms with Gasteiger partial charge in [-0.3, -0.25) is 14.5 Å². The number of benzene rings is 6. The molecule has 0 radical (unpaired) electrons. The molecule has 2 aliphatic rings. The summed E-state index contributed by atoms with van der Waals surface area (Å²) in [6, 6.07) is 53.6. The molecular formula is C52H49IN3O7PS. The predicted octanol–water partition coefficient (Wildman–Crippen LogP) is 4.94. The van der Waals surface area contributed by atoms with Crippen LogP contribution < -0.4 is 50.5 Å². The molecule has 1 saturated heterocycles. The molecular weight excluding hydrogens is 969 g/mol. The highest BCUT2D eigenvalue weighted by atomic mass is 127. The quantitative estimate of drug-likeness (QED) is 0.0642. The van der Waals surface area contributed by atoms with E-state index in [4.69, 9.17) is 9.47 Å². The maximum Gasteiger partial charge on any atom is 0.408 e. The van der Waals surface area contributed by atoms with Crippen LogP contribution >= 0.6 is 19.0 Å². The summed E-state index contributed by atoms with van der Waals surface area (Å²) in [4.78, 5) is 58.7. The second-order valence-corrected chi connectivity index (χ2v) is 21.2. The molecule has 3 N–H and O–H groups in total. The average molecular weight is 1020 g/mol. The zero-order valence-corrected chi connectivity index (χ0v) is 39.9. The Labute approximate surface area is 401 Å². The molecule has 0 spiro atoms. The first-order valence-corrected chi connectivity index (χ1v) is 24.1. The second-order valence-electron chi connectivity index (χ2n) is 16.6. The Morgan fingerprint density at radius 3 is 1.63 bits per heavy atom. The first kappa shape index (κ1) is 47.0. The van der Waals surface area contributed by atoms with Crippen LogP contribution in [-0.2, 0) is 23.9 Å². The molecule has 3 amide bonds. The molecule has 65 heavy (non-hydrogen) atoms. The minimum Gasteiger partial charge on any atom is -1.00 e. The van der Waals surface area contributed by atoms with Crippen molar-refractivity contribution >= 4 is 58.8 Å². The van der Waals surface area contributed by atoms with Crippen LogP contribution in [0.3, 0.4) is 0 Å². The van der Waals surface area contributed by atoms with Crippen molar-refractivity contribution in [3.05, 3.63) is 204 Å². The number of rotatable bonds is 13. The Balaban J connectivity index is 0.00000630. The third-order valence-corrected chi connectivity index (χ3v) is 16.9. The topological polar surface area (TPSA) is 134 Å². The Kier molecular flexibility index (Phi) is 14.8. The number of fused-ring (bicyclic) bond motifs is 1. The SMILES string of the molecule is CC(C)(C)OC(=O)N[C@@H](C(=O)N[C@@H]1C(=O)N2C(C(=O)OC(c3ccccc3)c3ccccc3)=C(C[P+](c3ccccc3)(c3ccccc3)c3ccccc3)CS[C@H]12)c1ccc(O)cc1.[I-]. The van der Waals surface area contributed by atoms with Gasteiger partial charge in [0.15, 0.2) is 6.10 Å². The lowest BCUT2D eigenvalue weighted by molar-refractivity contribution is -0.154. The van der Waals surface area contributed by atoms with Crippen LogP contribution in [0.4, 0.5) is 4.79 Å². The summed E-state index contributed by atoms with van der Waals surface area (Å²) in [5, 5.41) is 18.2. The van der Waals surface area contributed by atoms with Crippen molar-refractivity contribution in [2.24, 2.45) is 0 Å². The van der Waals surface area contributed by atoms with E-state index < -0.39 is 60.3 Å². The number of ether oxygens (including phenoxy) is 2. The highest BCUT2D eigenvalue weighted by Gasteiger charge is 2.57. The molecule has 332 valence electrons. The van der Waals surface area contributed by atoms with E-state index in [9.17, 15) is 19.5 Å². The number of β-lactam (4-membered cyclic amide) rings is 1. The number of halogens is 1. The number of thioether (sulfide) groups is 1. The van der Waals surface area contributed by atoms with Crippen LogP contribution in [0.5, 0.6) is 5.75 Å². The highest BCUT2D eigenvalue weighted by Crippen LogP contribution is 2.58. The molecule has 6 aromatic rings. The van der Waals surface area contributed by atoms with Gasteiger partial charge in [-0.05, 0) is 86.0 Å². The monoisotopic (exact) mass is 1020 g/mol. The number of aromatic hydroxyl groups is 1. The van der Waals surface area contributed by atoms with E-state index >= 15 is 4.79 Å². The summed E-state index contributed by atoms with van der Waals surface area (Å²) < 4.78 is 12.1. The number of alkyl carbamates (subject to hydrolysis) is 1. The van der Waals surface area contributed by atoms with Crippen molar-refractivity contribution in [2.75, 3.05) is 11.9 Å². The number of carbonyl (C=O) groups is 4. The van der Waals surface area contributed by atoms with Gasteiger partial charge in [0.1, 0.15) is 57.7 Å². The van der Waals surface area contributed by atoms with E-state index in [0.717, 1.165) is 32.6 Å². The minimum absolute atomic E-state index is 0. The predicted molar refractivity (Wildman–Crippen MR) is 253 cm³/mol. The molecule has 1 fully saturated rings. The van der Waals surface area contributed by atoms with Crippen LogP contribution in [0.15, 0.2) is 187 Å². The van der Waals surface area contributed by atoms with Gasteiger partial charge in [-0.2, -0.15) is 0 Å². The van der Waals surface area contributed by atoms with Crippen molar-refractivity contribution in [3.8, 4) is 5.75 Å². The van der Waals surface area contributed by atoms with Gasteiger partial charge in [-0.25, -0.2) is 9.59 Å². The fourth-order valence-electron chi connectivity index (χ4n) is 8.22. The summed E-state index contributed by atoms with van der Waals surface area (Å²) in [5.74, 6) is -1.47. The summed E-state index contributed by atoms with van der Waals surface area (Å²) in [6.45, 7) is 5.13. The highest BCUT2D eigenvalue weighted by molar-refractivity contribution is 8.00. The molecule has 0 aromatic heterocycles. The number of hydrogen-bond acceptors (Lipinski definition) is 8. The number of phenols is 1. The average Bonchev–Trinajstić information content (AvgIpc) is 3.31. The lowest BCUT2D eigenvalue weighted by atomic mass is 10.00. The van der Waals surface area contributed by atoms with Crippen LogP contribution in [-0.4, -0.2) is 62.8 Å². The van der Waals surface area contributed by atoms with Crippen molar-refractivity contribution in [1.29, 1.82) is 0 Å². The Hall–Kier alpha value is -5.95. The minimum atomic E-state index is -2.56. The van der Waals surface area contributed by atoms with E-state index in [-0.39, 0.29) is 35.4 Å². The summed E-state index contributed by atoms with van der Waals surface area (Å²) >= 11 is 1.46. The maximum absolute atomic E-state index is 15.2. The lowest BCUT2D eigenvalue weighted by Crippen LogP contribution is -3.00. The fraction of sp³-hybridized carbons (Fsp3) is 0.192. The number of nitrogens with one attached hydrogen (secondary N) is 2. The molecule has 2 aliphatic heterocycles. The number of nitrogens with zero attached hydrogens (tertiary/aromatic N) is 1. The number of hydrogen-bond donors (Lipinski definition) is 3. The summed E-state index contributed by atoms with van der Waals surface area (Å²) in [6.07, 6.45) is -1.19. The van der Waals surface area contributed by atoms with E-state index in [1.807, 2.05) is 115 Å². The Morgan fingerprint density at radius 1 is 0.708 bits per heavy atom. The molecule has 8 rings (SSSR count). The van der Waals surface area contributed by atoms with Crippen LogP contribution in [0.25, 0.3) is 0 Å². The van der Waals surface area contributed by atoms with Crippen molar-refractivity contribution in [1.82, 2.24) is 15.5 Å². The molecule has 6 aromatic carbocycles. The second kappa shape index (κ2) is 20.5. The smallest absolute Gasteiger partial charge is 0.408 e. The zero-order chi connectivity index (χ0) is 44.8. The molecule has 3 atom stereocenters. The Bertz CT molecular complexity index is 2500. The Morgan fingerprint density at radius 2 is 1.17 bits per heavy atom. The van der Waals surface area contributed by atoms with Crippen LogP contribution in [0.1, 0.15) is 49.6 Å². The standard InChI is InChI=1S/C52H48N3O7PS.HI/c1-52(2,3)62-51(60)54-43(35-29-31-39(56)32-30-35)47(57)53-44-48(58)55-45(50(59)61-46(36-19-9-4-10-20-36)37-21-11-5-12-22-37)38(34-64-49(44)55)33-63(40-23-13-6-14-24-40,41-25-15-7-16-26-41)42-27-17-8-18-28-42;/h4-32,43-44,46,49H,33-34H2,1-3H3,(H2-,53,54,56,57,60);1H/t43-,44-,49-;/m1./s1. The molecule has 0 aliphatic carbocycles. The number of phenolic OH excluding ortho intramolecular Hbond substituents is 1. The summed E-state index contributed by atoms with van der Waals surface area (Å²) in [7, 11) is -2.56. The molecule has 0 saturated carbocycles. The van der Waals surface area contributed by atoms with Gasteiger partial charge in [-0.1, -0.05) is 127 Å². The largest absolute Gasteiger partial charge is 1.00 e.